The van der Waals surface area contributed by atoms with Gasteiger partial charge in [0.05, 0.1) is 0 Å². The van der Waals surface area contributed by atoms with E-state index in [4.69, 9.17) is 5.11 Å². The zero-order valence-electron chi connectivity index (χ0n) is 8.35. The third-order valence-electron chi connectivity index (χ3n) is 2.89. The minimum atomic E-state index is -3.64. The predicted molar refractivity (Wildman–Crippen MR) is 53.8 cm³/mol. The molecule has 0 amide bonds. The van der Waals surface area contributed by atoms with E-state index in [-0.39, 0.29) is 6.04 Å². The van der Waals surface area contributed by atoms with Crippen LogP contribution in [-0.4, -0.2) is 31.3 Å². The number of carbonyl (C=O) groups is 1. The summed E-state index contributed by atoms with van der Waals surface area (Å²) in [5, 5.41) is 8.45. The summed E-state index contributed by atoms with van der Waals surface area (Å²) in [7, 11) is -3.64. The Morgan fingerprint density at radius 2 is 1.73 bits per heavy atom. The molecular weight excluding hydrogens is 218 g/mol. The van der Waals surface area contributed by atoms with Crippen molar-refractivity contribution in [2.45, 2.75) is 31.7 Å². The maximum Gasteiger partial charge on any atom is 0.320 e. The van der Waals surface area contributed by atoms with E-state index in [2.05, 4.69) is 4.72 Å². The van der Waals surface area contributed by atoms with Crippen molar-refractivity contribution in [1.29, 1.82) is 0 Å². The number of hydrogen-bond donors (Lipinski definition) is 2. The molecule has 0 atom stereocenters. The monoisotopic (exact) mass is 233 g/mol. The van der Waals surface area contributed by atoms with Crippen LogP contribution < -0.4 is 4.72 Å². The van der Waals surface area contributed by atoms with Crippen LogP contribution in [0.5, 0.6) is 0 Å². The summed E-state index contributed by atoms with van der Waals surface area (Å²) in [6, 6.07) is -0.00523. The minimum Gasteiger partial charge on any atom is -0.480 e. The second-order valence-corrected chi connectivity index (χ2v) is 6.23. The Kier molecular flexibility index (Phi) is 2.72. The molecule has 2 rings (SSSR count). The van der Waals surface area contributed by atoms with E-state index in [1.54, 1.807) is 0 Å². The average Bonchev–Trinajstić information content (AvgIpc) is 2.94. The Labute approximate surface area is 88.9 Å². The van der Waals surface area contributed by atoms with Gasteiger partial charge < -0.3 is 5.11 Å². The standard InChI is InChI=1S/C9H15NO4S/c11-8(12)5-15(13,14)10-9(6-1-2-6)7-3-4-7/h6-7,9-10H,1-5H2,(H,11,12). The van der Waals surface area contributed by atoms with E-state index >= 15 is 0 Å². The van der Waals surface area contributed by atoms with Crippen molar-refractivity contribution in [2.24, 2.45) is 11.8 Å². The van der Waals surface area contributed by atoms with Gasteiger partial charge in [0.15, 0.2) is 5.75 Å². The SMILES string of the molecule is O=C(O)CS(=O)(=O)NC(C1CC1)C1CC1. The number of aliphatic carboxylic acids is 1. The molecule has 0 aromatic rings. The smallest absolute Gasteiger partial charge is 0.320 e. The van der Waals surface area contributed by atoms with Crippen LogP contribution in [0.25, 0.3) is 0 Å². The van der Waals surface area contributed by atoms with E-state index in [0.29, 0.717) is 11.8 Å². The third-order valence-corrected chi connectivity index (χ3v) is 4.15. The maximum absolute atomic E-state index is 11.4. The normalized spacial score (nSPS) is 21.9. The molecule has 6 heteroatoms. The van der Waals surface area contributed by atoms with Crippen molar-refractivity contribution in [3.8, 4) is 0 Å². The van der Waals surface area contributed by atoms with Crippen LogP contribution >= 0.6 is 0 Å². The summed E-state index contributed by atoms with van der Waals surface area (Å²) >= 11 is 0. The van der Waals surface area contributed by atoms with Gasteiger partial charge in [0.25, 0.3) is 0 Å². The topological polar surface area (TPSA) is 83.5 Å². The van der Waals surface area contributed by atoms with Gasteiger partial charge in [-0.1, -0.05) is 0 Å². The first kappa shape index (κ1) is 10.9. The minimum absolute atomic E-state index is 0.00523. The van der Waals surface area contributed by atoms with Crippen LogP contribution in [0.4, 0.5) is 0 Å². The molecule has 15 heavy (non-hydrogen) atoms. The molecule has 0 unspecified atom stereocenters. The van der Waals surface area contributed by atoms with Crippen molar-refractivity contribution in [3.05, 3.63) is 0 Å². The van der Waals surface area contributed by atoms with Gasteiger partial charge in [0.1, 0.15) is 0 Å². The number of carboxylic acids is 1. The Morgan fingerprint density at radius 3 is 2.07 bits per heavy atom. The van der Waals surface area contributed by atoms with Crippen molar-refractivity contribution in [2.75, 3.05) is 5.75 Å². The number of sulfonamides is 1. The summed E-state index contributed by atoms with van der Waals surface area (Å²) in [5.74, 6) is -1.22. The molecule has 0 heterocycles. The van der Waals surface area contributed by atoms with Gasteiger partial charge in [-0.25, -0.2) is 13.1 Å². The van der Waals surface area contributed by atoms with E-state index < -0.39 is 21.7 Å². The van der Waals surface area contributed by atoms with Gasteiger partial charge in [-0.05, 0) is 37.5 Å². The molecule has 0 spiro atoms. The molecule has 2 saturated carbocycles. The van der Waals surface area contributed by atoms with Crippen LogP contribution in [0.3, 0.4) is 0 Å². The fourth-order valence-corrected chi connectivity index (χ4v) is 3.11. The van der Waals surface area contributed by atoms with E-state index in [1.807, 2.05) is 0 Å². The summed E-state index contributed by atoms with van der Waals surface area (Å²) in [5.41, 5.74) is 0. The molecule has 0 aromatic carbocycles. The Bertz CT molecular complexity index is 344. The molecule has 2 aliphatic carbocycles. The molecule has 0 bridgehead atoms. The van der Waals surface area contributed by atoms with Crippen LogP contribution in [0, 0.1) is 11.8 Å². The van der Waals surface area contributed by atoms with Crippen molar-refractivity contribution in [1.82, 2.24) is 4.72 Å². The lowest BCUT2D eigenvalue weighted by molar-refractivity contribution is -0.134. The summed E-state index contributed by atoms with van der Waals surface area (Å²) in [6.45, 7) is 0. The van der Waals surface area contributed by atoms with Crippen LogP contribution in [0.2, 0.25) is 0 Å². The van der Waals surface area contributed by atoms with Crippen LogP contribution in [0.15, 0.2) is 0 Å². The van der Waals surface area contributed by atoms with Gasteiger partial charge in [-0.15, -0.1) is 0 Å². The van der Waals surface area contributed by atoms with Gasteiger partial charge in [0, 0.05) is 6.04 Å². The lowest BCUT2D eigenvalue weighted by Crippen LogP contribution is -2.40. The highest BCUT2D eigenvalue weighted by Gasteiger charge is 2.43. The van der Waals surface area contributed by atoms with Gasteiger partial charge in [0.2, 0.25) is 10.0 Å². The molecular formula is C9H15NO4S. The van der Waals surface area contributed by atoms with Crippen molar-refractivity contribution in [3.63, 3.8) is 0 Å². The molecule has 0 saturated heterocycles. The fraction of sp³-hybridized carbons (Fsp3) is 0.889. The Balaban J connectivity index is 1.95. The molecule has 2 aliphatic rings. The second kappa shape index (κ2) is 3.75. The molecule has 0 aliphatic heterocycles. The molecule has 0 aromatic heterocycles. The molecule has 2 fully saturated rings. The summed E-state index contributed by atoms with van der Waals surface area (Å²) < 4.78 is 25.4. The molecule has 2 N–H and O–H groups in total. The van der Waals surface area contributed by atoms with Crippen molar-refractivity contribution >= 4 is 16.0 Å². The van der Waals surface area contributed by atoms with Crippen LogP contribution in [0.1, 0.15) is 25.7 Å². The lowest BCUT2D eigenvalue weighted by Gasteiger charge is -2.16. The summed E-state index contributed by atoms with van der Waals surface area (Å²) in [6.07, 6.45) is 4.26. The van der Waals surface area contributed by atoms with E-state index in [9.17, 15) is 13.2 Å². The first-order chi connectivity index (χ1) is 6.98. The highest BCUT2D eigenvalue weighted by molar-refractivity contribution is 7.90. The molecule has 5 nitrogen and oxygen atoms in total. The average molecular weight is 233 g/mol. The first-order valence-corrected chi connectivity index (χ1v) is 6.85. The zero-order chi connectivity index (χ0) is 11.1. The largest absolute Gasteiger partial charge is 0.480 e. The van der Waals surface area contributed by atoms with E-state index in [1.165, 1.54) is 0 Å². The zero-order valence-corrected chi connectivity index (χ0v) is 9.16. The van der Waals surface area contributed by atoms with E-state index in [0.717, 1.165) is 25.7 Å². The number of rotatable bonds is 6. The van der Waals surface area contributed by atoms with Gasteiger partial charge in [-0.3, -0.25) is 4.79 Å². The Morgan fingerprint density at radius 1 is 1.27 bits per heavy atom. The predicted octanol–water partition coefficient (Wildman–Crippen LogP) is 0.179. The third kappa shape index (κ3) is 3.17. The van der Waals surface area contributed by atoms with Gasteiger partial charge in [-0.2, -0.15) is 0 Å². The number of hydrogen-bond acceptors (Lipinski definition) is 3. The molecule has 0 radical (unpaired) electrons. The summed E-state index contributed by atoms with van der Waals surface area (Å²) in [4.78, 5) is 10.3. The van der Waals surface area contributed by atoms with Gasteiger partial charge >= 0.3 is 5.97 Å². The Hall–Kier alpha value is -0.620. The quantitative estimate of drug-likeness (QED) is 0.685. The van der Waals surface area contributed by atoms with Crippen molar-refractivity contribution < 1.29 is 18.3 Å². The maximum atomic E-state index is 11.4. The second-order valence-electron chi connectivity index (χ2n) is 4.47. The number of nitrogens with one attached hydrogen (secondary N) is 1. The highest BCUT2D eigenvalue weighted by atomic mass is 32.2. The lowest BCUT2D eigenvalue weighted by atomic mass is 10.1. The van der Waals surface area contributed by atoms with Crippen LogP contribution in [-0.2, 0) is 14.8 Å². The fourth-order valence-electron chi connectivity index (χ4n) is 1.90. The first-order valence-electron chi connectivity index (χ1n) is 5.20. The number of carboxylic acid groups (broad SMARTS) is 1. The molecule has 86 valence electrons. The highest BCUT2D eigenvalue weighted by Crippen LogP contribution is 2.44.